The maximum atomic E-state index is 13.3. The molecule has 1 saturated heterocycles. The van der Waals surface area contributed by atoms with Crippen molar-refractivity contribution in [1.82, 2.24) is 4.90 Å². The summed E-state index contributed by atoms with van der Waals surface area (Å²) in [5, 5.41) is 2.41. The van der Waals surface area contributed by atoms with Crippen LogP contribution in [0.25, 0.3) is 0 Å². The molecule has 0 aromatic heterocycles. The first-order chi connectivity index (χ1) is 16.4. The Morgan fingerprint density at radius 2 is 1.65 bits per heavy atom. The number of hydrogen-bond acceptors (Lipinski definition) is 5. The van der Waals surface area contributed by atoms with Gasteiger partial charge in [-0.25, -0.2) is 13.8 Å². The number of anilines is 1. The van der Waals surface area contributed by atoms with E-state index < -0.39 is 11.1 Å². The highest BCUT2D eigenvalue weighted by molar-refractivity contribution is 8.15. The SMILES string of the molecule is COc1ccc(NC(=O)C2CC(=O)N(Cc3ccc(F)cc3)C(=Nc3ccc(F)cc3)S2)cc1. The van der Waals surface area contributed by atoms with E-state index in [-0.39, 0.29) is 30.6 Å². The highest BCUT2D eigenvalue weighted by Gasteiger charge is 2.36. The van der Waals surface area contributed by atoms with Crippen molar-refractivity contribution >= 4 is 40.1 Å². The average molecular weight is 482 g/mol. The second-order valence-corrected chi connectivity index (χ2v) is 8.68. The van der Waals surface area contributed by atoms with Crippen LogP contribution in [-0.4, -0.2) is 34.2 Å². The van der Waals surface area contributed by atoms with E-state index in [0.29, 0.717) is 27.9 Å². The van der Waals surface area contributed by atoms with Crippen LogP contribution in [0.2, 0.25) is 0 Å². The number of halogens is 2. The van der Waals surface area contributed by atoms with E-state index in [1.807, 2.05) is 0 Å². The third-order valence-corrected chi connectivity index (χ3v) is 6.28. The Kier molecular flexibility index (Phi) is 7.22. The molecule has 0 bridgehead atoms. The Bertz CT molecular complexity index is 1200. The average Bonchev–Trinajstić information content (AvgIpc) is 2.84. The van der Waals surface area contributed by atoms with Crippen molar-refractivity contribution in [2.24, 2.45) is 4.99 Å². The highest BCUT2D eigenvalue weighted by atomic mass is 32.2. The normalized spacial score (nSPS) is 17.0. The Morgan fingerprint density at radius 1 is 1.03 bits per heavy atom. The zero-order chi connectivity index (χ0) is 24.1. The van der Waals surface area contributed by atoms with Gasteiger partial charge in [0, 0.05) is 12.1 Å². The van der Waals surface area contributed by atoms with Gasteiger partial charge in [0.15, 0.2) is 5.17 Å². The molecule has 0 aliphatic carbocycles. The van der Waals surface area contributed by atoms with Crippen LogP contribution in [0.15, 0.2) is 77.8 Å². The summed E-state index contributed by atoms with van der Waals surface area (Å²) in [6.07, 6.45) is -0.0315. The summed E-state index contributed by atoms with van der Waals surface area (Å²) in [6.45, 7) is 0.166. The largest absolute Gasteiger partial charge is 0.497 e. The molecule has 1 aliphatic heterocycles. The fraction of sp³-hybridized carbons (Fsp3) is 0.160. The van der Waals surface area contributed by atoms with E-state index in [4.69, 9.17) is 4.74 Å². The fourth-order valence-electron chi connectivity index (χ4n) is 3.29. The van der Waals surface area contributed by atoms with Gasteiger partial charge in [-0.2, -0.15) is 0 Å². The number of thioether (sulfide) groups is 1. The lowest BCUT2D eigenvalue weighted by molar-refractivity contribution is -0.129. The van der Waals surface area contributed by atoms with Gasteiger partial charge < -0.3 is 10.1 Å². The number of carbonyl (C=O) groups is 2. The highest BCUT2D eigenvalue weighted by Crippen LogP contribution is 2.31. The van der Waals surface area contributed by atoms with Crippen LogP contribution in [0.4, 0.5) is 20.2 Å². The number of nitrogens with one attached hydrogen (secondary N) is 1. The first-order valence-electron chi connectivity index (χ1n) is 10.4. The summed E-state index contributed by atoms with van der Waals surface area (Å²) < 4.78 is 31.8. The molecule has 34 heavy (non-hydrogen) atoms. The van der Waals surface area contributed by atoms with Gasteiger partial charge in [-0.05, 0) is 66.2 Å². The molecule has 6 nitrogen and oxygen atoms in total. The Labute approximate surface area is 199 Å². The summed E-state index contributed by atoms with van der Waals surface area (Å²) >= 11 is 1.15. The van der Waals surface area contributed by atoms with E-state index in [1.54, 1.807) is 43.5 Å². The third-order valence-electron chi connectivity index (χ3n) is 5.09. The maximum Gasteiger partial charge on any atom is 0.238 e. The van der Waals surface area contributed by atoms with Gasteiger partial charge in [-0.3, -0.25) is 14.5 Å². The van der Waals surface area contributed by atoms with Gasteiger partial charge >= 0.3 is 0 Å². The molecule has 1 heterocycles. The molecule has 0 spiro atoms. The molecule has 174 valence electrons. The molecule has 1 N–H and O–H groups in total. The van der Waals surface area contributed by atoms with Crippen LogP contribution in [-0.2, 0) is 16.1 Å². The van der Waals surface area contributed by atoms with Crippen LogP contribution in [0.1, 0.15) is 12.0 Å². The number of amidine groups is 1. The molecule has 1 fully saturated rings. The molecule has 1 unspecified atom stereocenters. The van der Waals surface area contributed by atoms with Crippen molar-refractivity contribution in [1.29, 1.82) is 0 Å². The second kappa shape index (κ2) is 10.5. The lowest BCUT2D eigenvalue weighted by Crippen LogP contribution is -2.44. The number of nitrogens with zero attached hydrogens (tertiary/aromatic N) is 2. The third kappa shape index (κ3) is 5.79. The van der Waals surface area contributed by atoms with Crippen LogP contribution >= 0.6 is 11.8 Å². The minimum atomic E-state index is -0.710. The minimum absolute atomic E-state index is 0.0315. The van der Waals surface area contributed by atoms with E-state index in [2.05, 4.69) is 10.3 Å². The van der Waals surface area contributed by atoms with E-state index in [0.717, 1.165) is 11.8 Å². The lowest BCUT2D eigenvalue weighted by atomic mass is 10.2. The van der Waals surface area contributed by atoms with Gasteiger partial charge in [0.05, 0.1) is 19.3 Å². The summed E-state index contributed by atoms with van der Waals surface area (Å²) in [5.74, 6) is -0.754. The van der Waals surface area contributed by atoms with Crippen molar-refractivity contribution in [3.63, 3.8) is 0 Å². The first kappa shape index (κ1) is 23.4. The first-order valence-corrected chi connectivity index (χ1v) is 11.3. The number of hydrogen-bond donors (Lipinski definition) is 1. The molecule has 2 amide bonds. The van der Waals surface area contributed by atoms with Gasteiger partial charge in [0.25, 0.3) is 0 Å². The van der Waals surface area contributed by atoms with Gasteiger partial charge in [-0.15, -0.1) is 0 Å². The smallest absolute Gasteiger partial charge is 0.238 e. The van der Waals surface area contributed by atoms with Crippen molar-refractivity contribution in [2.45, 2.75) is 18.2 Å². The van der Waals surface area contributed by atoms with Crippen molar-refractivity contribution in [3.05, 3.63) is 90.0 Å². The van der Waals surface area contributed by atoms with Gasteiger partial charge in [-0.1, -0.05) is 23.9 Å². The second-order valence-electron chi connectivity index (χ2n) is 7.51. The predicted octanol–water partition coefficient (Wildman–Crippen LogP) is 5.13. The van der Waals surface area contributed by atoms with Gasteiger partial charge in [0.1, 0.15) is 22.6 Å². The summed E-state index contributed by atoms with van der Waals surface area (Å²) in [4.78, 5) is 32.0. The Morgan fingerprint density at radius 3 is 2.26 bits per heavy atom. The summed E-state index contributed by atoms with van der Waals surface area (Å²) in [6, 6.07) is 18.2. The summed E-state index contributed by atoms with van der Waals surface area (Å²) in [5.41, 5.74) is 1.73. The molecule has 1 aliphatic rings. The standard InChI is InChI=1S/C25H21F2N3O3S/c1-33-21-12-10-19(11-13-21)28-24(32)22-14-23(31)30(15-16-2-4-17(26)5-3-16)25(34-22)29-20-8-6-18(27)7-9-20/h2-13,22H,14-15H2,1H3,(H,28,32). The van der Waals surface area contributed by atoms with Crippen LogP contribution in [0.5, 0.6) is 5.75 Å². The lowest BCUT2D eigenvalue weighted by Gasteiger charge is -2.32. The number of aliphatic imine (C=N–C) groups is 1. The number of amides is 2. The predicted molar refractivity (Wildman–Crippen MR) is 128 cm³/mol. The maximum absolute atomic E-state index is 13.3. The van der Waals surface area contributed by atoms with E-state index in [9.17, 15) is 18.4 Å². The fourth-order valence-corrected chi connectivity index (χ4v) is 4.39. The molecular formula is C25H21F2N3O3S. The van der Waals surface area contributed by atoms with Crippen molar-refractivity contribution in [3.8, 4) is 5.75 Å². The molecule has 0 radical (unpaired) electrons. The van der Waals surface area contributed by atoms with Crippen molar-refractivity contribution < 1.29 is 23.1 Å². The number of carbonyl (C=O) groups excluding carboxylic acids is 2. The number of rotatable bonds is 6. The quantitative estimate of drug-likeness (QED) is 0.530. The van der Waals surface area contributed by atoms with Crippen LogP contribution < -0.4 is 10.1 Å². The zero-order valence-corrected chi connectivity index (χ0v) is 19.0. The number of benzene rings is 3. The zero-order valence-electron chi connectivity index (χ0n) is 18.2. The molecule has 4 rings (SSSR count). The summed E-state index contributed by atoms with van der Waals surface area (Å²) in [7, 11) is 1.55. The van der Waals surface area contributed by atoms with Crippen LogP contribution in [0.3, 0.4) is 0 Å². The van der Waals surface area contributed by atoms with Crippen LogP contribution in [0, 0.1) is 11.6 Å². The molecule has 3 aromatic carbocycles. The number of ether oxygens (including phenoxy) is 1. The molecule has 0 saturated carbocycles. The Balaban J connectivity index is 1.57. The van der Waals surface area contributed by atoms with E-state index in [1.165, 1.54) is 41.3 Å². The van der Waals surface area contributed by atoms with Crippen molar-refractivity contribution in [2.75, 3.05) is 12.4 Å². The monoisotopic (exact) mass is 481 g/mol. The minimum Gasteiger partial charge on any atom is -0.497 e. The Hall–Kier alpha value is -3.72. The molecular weight excluding hydrogens is 460 g/mol. The molecule has 9 heteroatoms. The van der Waals surface area contributed by atoms with E-state index >= 15 is 0 Å². The molecule has 3 aromatic rings. The molecule has 1 atom stereocenters. The van der Waals surface area contributed by atoms with Gasteiger partial charge in [0.2, 0.25) is 11.8 Å². The topological polar surface area (TPSA) is 71.0 Å². The number of methoxy groups -OCH3 is 1.